The average Bonchev–Trinajstić information content (AvgIpc) is 2.85. The van der Waals surface area contributed by atoms with Gasteiger partial charge in [-0.25, -0.2) is 13.1 Å². The summed E-state index contributed by atoms with van der Waals surface area (Å²) in [5.74, 6) is 0. The second-order valence-electron chi connectivity index (χ2n) is 4.45. The van der Waals surface area contributed by atoms with Gasteiger partial charge in [-0.05, 0) is 36.8 Å². The molecule has 1 aromatic heterocycles. The Hall–Kier alpha value is -0.630. The molecule has 0 fully saturated rings. The van der Waals surface area contributed by atoms with Gasteiger partial charge in [-0.15, -0.1) is 11.3 Å². The fraction of sp³-hybridized carbons (Fsp3) is 0.231. The molecule has 0 radical (unpaired) electrons. The second-order valence-corrected chi connectivity index (χ2v) is 8.29. The highest BCUT2D eigenvalue weighted by Crippen LogP contribution is 2.29. The third kappa shape index (κ3) is 3.97. The van der Waals surface area contributed by atoms with Gasteiger partial charge in [0.05, 0.1) is 15.4 Å². The maximum absolute atomic E-state index is 12.4. The molecular formula is C13H14Cl2N2O2S2. The average molecular weight is 365 g/mol. The Bertz CT molecular complexity index is 744. The first-order chi connectivity index (χ1) is 9.83. The lowest BCUT2D eigenvalue weighted by Gasteiger charge is -2.14. The molecule has 0 saturated heterocycles. The fourth-order valence-electron chi connectivity index (χ4n) is 1.80. The first-order valence-electron chi connectivity index (χ1n) is 6.09. The molecule has 21 heavy (non-hydrogen) atoms. The Morgan fingerprint density at radius 3 is 2.57 bits per heavy atom. The molecule has 2 rings (SSSR count). The van der Waals surface area contributed by atoms with Crippen LogP contribution in [0.2, 0.25) is 9.36 Å². The molecule has 1 atom stereocenters. The van der Waals surface area contributed by atoms with Gasteiger partial charge in [-0.3, -0.25) is 0 Å². The number of hydrogen-bond acceptors (Lipinski definition) is 4. The van der Waals surface area contributed by atoms with Crippen molar-refractivity contribution < 1.29 is 8.42 Å². The molecule has 8 heteroatoms. The van der Waals surface area contributed by atoms with Crippen molar-refractivity contribution in [1.82, 2.24) is 4.72 Å². The Labute approximate surface area is 137 Å². The summed E-state index contributed by atoms with van der Waals surface area (Å²) in [6.07, 6.45) is 0. The Balaban J connectivity index is 2.30. The minimum atomic E-state index is -3.74. The maximum atomic E-state index is 12.4. The van der Waals surface area contributed by atoms with Crippen LogP contribution < -0.4 is 10.5 Å². The molecule has 2 aromatic rings. The van der Waals surface area contributed by atoms with E-state index in [2.05, 4.69) is 4.72 Å². The van der Waals surface area contributed by atoms with Crippen molar-refractivity contribution in [2.75, 3.05) is 0 Å². The van der Waals surface area contributed by atoms with E-state index in [0.717, 1.165) is 4.88 Å². The van der Waals surface area contributed by atoms with Crippen LogP contribution in [0.1, 0.15) is 23.4 Å². The first-order valence-corrected chi connectivity index (χ1v) is 9.15. The minimum absolute atomic E-state index is 0.0293. The Morgan fingerprint density at radius 2 is 2.00 bits per heavy atom. The van der Waals surface area contributed by atoms with Crippen LogP contribution in [0.25, 0.3) is 0 Å². The molecule has 3 N–H and O–H groups in total. The Morgan fingerprint density at radius 1 is 1.29 bits per heavy atom. The van der Waals surface area contributed by atoms with Crippen LogP contribution in [0.3, 0.4) is 0 Å². The summed E-state index contributed by atoms with van der Waals surface area (Å²) in [4.78, 5) is 0.858. The lowest BCUT2D eigenvalue weighted by molar-refractivity contribution is 0.568. The zero-order chi connectivity index (χ0) is 15.6. The number of nitrogens with two attached hydrogens (primary N) is 1. The third-order valence-corrected chi connectivity index (χ3v) is 6.31. The fourth-order valence-corrected chi connectivity index (χ4v) is 4.71. The topological polar surface area (TPSA) is 72.2 Å². The SMILES string of the molecule is CC(NS(=O)(=O)c1cc(CN)ccc1Cl)c1ccc(Cl)s1. The smallest absolute Gasteiger partial charge is 0.242 e. The van der Waals surface area contributed by atoms with E-state index >= 15 is 0 Å². The van der Waals surface area contributed by atoms with E-state index < -0.39 is 16.1 Å². The zero-order valence-electron chi connectivity index (χ0n) is 11.1. The normalized spacial score (nSPS) is 13.3. The zero-order valence-corrected chi connectivity index (χ0v) is 14.3. The minimum Gasteiger partial charge on any atom is -0.326 e. The van der Waals surface area contributed by atoms with E-state index in [0.29, 0.717) is 9.90 Å². The summed E-state index contributed by atoms with van der Waals surface area (Å²) in [6, 6.07) is 7.84. The first kappa shape index (κ1) is 16.7. The predicted octanol–water partition coefficient (Wildman–Crippen LogP) is 3.55. The van der Waals surface area contributed by atoms with E-state index in [4.69, 9.17) is 28.9 Å². The Kier molecular flexibility index (Phi) is 5.29. The monoisotopic (exact) mass is 364 g/mol. The maximum Gasteiger partial charge on any atom is 0.242 e. The number of rotatable bonds is 5. The lowest BCUT2D eigenvalue weighted by Crippen LogP contribution is -2.26. The van der Waals surface area contributed by atoms with Crippen LogP contribution in [0.15, 0.2) is 35.2 Å². The molecule has 0 aliphatic rings. The van der Waals surface area contributed by atoms with Crippen LogP contribution in [-0.2, 0) is 16.6 Å². The van der Waals surface area contributed by atoms with E-state index in [1.807, 2.05) is 0 Å². The van der Waals surface area contributed by atoms with E-state index in [1.165, 1.54) is 23.5 Å². The molecule has 1 unspecified atom stereocenters. The van der Waals surface area contributed by atoms with Gasteiger partial charge in [0.2, 0.25) is 10.0 Å². The lowest BCUT2D eigenvalue weighted by atomic mass is 10.2. The molecule has 114 valence electrons. The molecule has 0 amide bonds. The van der Waals surface area contributed by atoms with Crippen molar-refractivity contribution in [3.05, 3.63) is 50.1 Å². The number of hydrogen-bond donors (Lipinski definition) is 2. The number of thiophene rings is 1. The molecule has 0 spiro atoms. The van der Waals surface area contributed by atoms with Gasteiger partial charge in [-0.2, -0.15) is 0 Å². The van der Waals surface area contributed by atoms with Crippen molar-refractivity contribution in [2.24, 2.45) is 5.73 Å². The van der Waals surface area contributed by atoms with Crippen LogP contribution in [0.5, 0.6) is 0 Å². The largest absolute Gasteiger partial charge is 0.326 e. The summed E-state index contributed by atoms with van der Waals surface area (Å²) in [5.41, 5.74) is 6.24. The number of sulfonamides is 1. The highest BCUT2D eigenvalue weighted by atomic mass is 35.5. The second kappa shape index (κ2) is 6.64. The third-order valence-electron chi connectivity index (χ3n) is 2.87. The number of benzene rings is 1. The molecular weight excluding hydrogens is 351 g/mol. The van der Waals surface area contributed by atoms with Crippen LogP contribution in [0.4, 0.5) is 0 Å². The summed E-state index contributed by atoms with van der Waals surface area (Å²) in [5, 5.41) is 0.163. The van der Waals surface area contributed by atoms with Gasteiger partial charge >= 0.3 is 0 Å². The molecule has 0 saturated carbocycles. The van der Waals surface area contributed by atoms with E-state index in [-0.39, 0.29) is 16.5 Å². The van der Waals surface area contributed by atoms with Gasteiger partial charge in [0.1, 0.15) is 4.90 Å². The van der Waals surface area contributed by atoms with Gasteiger partial charge in [0.15, 0.2) is 0 Å². The quantitative estimate of drug-likeness (QED) is 0.851. The molecule has 1 heterocycles. The summed E-state index contributed by atoms with van der Waals surface area (Å²) < 4.78 is 28.1. The summed E-state index contributed by atoms with van der Waals surface area (Å²) >= 11 is 13.2. The van der Waals surface area contributed by atoms with Gasteiger partial charge in [0.25, 0.3) is 0 Å². The van der Waals surface area contributed by atoms with Gasteiger partial charge in [0, 0.05) is 11.4 Å². The van der Waals surface area contributed by atoms with Crippen molar-refractivity contribution >= 4 is 44.6 Å². The molecule has 0 aliphatic carbocycles. The number of halogens is 2. The van der Waals surface area contributed by atoms with Crippen molar-refractivity contribution in [3.63, 3.8) is 0 Å². The summed E-state index contributed by atoms with van der Waals surface area (Å²) in [7, 11) is -3.74. The van der Waals surface area contributed by atoms with E-state index in [1.54, 1.807) is 25.1 Å². The standard InChI is InChI=1S/C13H14Cl2N2O2S2/c1-8(11-4-5-13(15)20-11)17-21(18,19)12-6-9(7-16)2-3-10(12)14/h2-6,8,17H,7,16H2,1H3. The van der Waals surface area contributed by atoms with Crippen molar-refractivity contribution in [1.29, 1.82) is 0 Å². The van der Waals surface area contributed by atoms with Crippen LogP contribution >= 0.6 is 34.5 Å². The predicted molar refractivity (Wildman–Crippen MR) is 87.4 cm³/mol. The molecule has 0 aliphatic heterocycles. The molecule has 0 bridgehead atoms. The van der Waals surface area contributed by atoms with E-state index in [9.17, 15) is 8.42 Å². The van der Waals surface area contributed by atoms with Gasteiger partial charge in [-0.1, -0.05) is 29.3 Å². The van der Waals surface area contributed by atoms with Crippen molar-refractivity contribution in [2.45, 2.75) is 24.4 Å². The summed E-state index contributed by atoms with van der Waals surface area (Å²) in [6.45, 7) is 2.00. The van der Waals surface area contributed by atoms with Crippen LogP contribution in [0, 0.1) is 0 Å². The highest BCUT2D eigenvalue weighted by Gasteiger charge is 2.22. The number of nitrogens with one attached hydrogen (secondary N) is 1. The van der Waals surface area contributed by atoms with Crippen molar-refractivity contribution in [3.8, 4) is 0 Å². The molecule has 1 aromatic carbocycles. The highest BCUT2D eigenvalue weighted by molar-refractivity contribution is 7.89. The van der Waals surface area contributed by atoms with Gasteiger partial charge < -0.3 is 5.73 Å². The molecule has 4 nitrogen and oxygen atoms in total. The van der Waals surface area contributed by atoms with Crippen LogP contribution in [-0.4, -0.2) is 8.42 Å².